The van der Waals surface area contributed by atoms with Crippen LogP contribution < -0.4 is 5.32 Å². The van der Waals surface area contributed by atoms with E-state index in [0.717, 1.165) is 26.2 Å². The van der Waals surface area contributed by atoms with Gasteiger partial charge in [-0.2, -0.15) is 4.98 Å². The van der Waals surface area contributed by atoms with Crippen LogP contribution in [0.3, 0.4) is 0 Å². The highest BCUT2D eigenvalue weighted by atomic mass is 32.2. The van der Waals surface area contributed by atoms with E-state index in [9.17, 15) is 8.42 Å². The van der Waals surface area contributed by atoms with Gasteiger partial charge in [-0.1, -0.05) is 5.16 Å². The van der Waals surface area contributed by atoms with Crippen molar-refractivity contribution in [1.29, 1.82) is 0 Å². The van der Waals surface area contributed by atoms with E-state index in [-0.39, 0.29) is 17.4 Å². The van der Waals surface area contributed by atoms with Gasteiger partial charge in [0.2, 0.25) is 5.89 Å². The van der Waals surface area contributed by atoms with E-state index in [1.807, 2.05) is 0 Å². The van der Waals surface area contributed by atoms with Crippen LogP contribution in [0, 0.1) is 0 Å². The molecule has 8 heteroatoms. The van der Waals surface area contributed by atoms with Crippen molar-refractivity contribution in [3.63, 3.8) is 0 Å². The van der Waals surface area contributed by atoms with Crippen LogP contribution >= 0.6 is 0 Å². The number of sulfone groups is 1. The third kappa shape index (κ3) is 3.13. The molecule has 2 aliphatic rings. The fourth-order valence-corrected chi connectivity index (χ4v) is 4.30. The van der Waals surface area contributed by atoms with Crippen LogP contribution in [0.2, 0.25) is 0 Å². The zero-order valence-corrected chi connectivity index (χ0v) is 11.5. The molecule has 0 spiro atoms. The Morgan fingerprint density at radius 2 is 2.16 bits per heavy atom. The van der Waals surface area contributed by atoms with Gasteiger partial charge in [-0.3, -0.25) is 4.90 Å². The molecule has 1 aromatic rings. The number of hydrogen-bond donors (Lipinski definition) is 1. The maximum atomic E-state index is 11.4. The molecule has 0 amide bonds. The molecule has 0 bridgehead atoms. The molecule has 0 saturated carbocycles. The first-order chi connectivity index (χ1) is 9.12. The summed E-state index contributed by atoms with van der Waals surface area (Å²) in [5.41, 5.74) is 0. The lowest BCUT2D eigenvalue weighted by Gasteiger charge is -2.25. The third-order valence-electron chi connectivity index (χ3n) is 3.65. The van der Waals surface area contributed by atoms with Gasteiger partial charge in [-0.15, -0.1) is 0 Å². The van der Waals surface area contributed by atoms with Crippen LogP contribution in [-0.4, -0.2) is 61.1 Å². The number of hydrogen-bond acceptors (Lipinski definition) is 7. The van der Waals surface area contributed by atoms with Crippen LogP contribution in [0.4, 0.5) is 0 Å². The first kappa shape index (κ1) is 13.0. The fourth-order valence-electron chi connectivity index (χ4n) is 2.56. The molecular weight excluding hydrogens is 268 g/mol. The molecule has 1 unspecified atom stereocenters. The summed E-state index contributed by atoms with van der Waals surface area (Å²) in [5, 5.41) is 7.22. The average molecular weight is 286 g/mol. The monoisotopic (exact) mass is 286 g/mol. The Kier molecular flexibility index (Phi) is 3.55. The minimum atomic E-state index is -2.90. The SMILES string of the molecule is O=S1(=O)CCC(c2noc(CN3CCNCC3)n2)C1. The summed E-state index contributed by atoms with van der Waals surface area (Å²) >= 11 is 0. The van der Waals surface area contributed by atoms with Gasteiger partial charge in [0.05, 0.1) is 18.1 Å². The van der Waals surface area contributed by atoms with Gasteiger partial charge in [-0.25, -0.2) is 8.42 Å². The third-order valence-corrected chi connectivity index (χ3v) is 5.42. The molecule has 1 N–H and O–H groups in total. The second kappa shape index (κ2) is 5.18. The second-order valence-corrected chi connectivity index (χ2v) is 7.40. The number of nitrogens with zero attached hydrogens (tertiary/aromatic N) is 3. The first-order valence-corrected chi connectivity index (χ1v) is 8.40. The summed E-state index contributed by atoms with van der Waals surface area (Å²) < 4.78 is 28.1. The smallest absolute Gasteiger partial charge is 0.240 e. The lowest BCUT2D eigenvalue weighted by atomic mass is 10.1. The minimum absolute atomic E-state index is 0.0921. The van der Waals surface area contributed by atoms with Crippen LogP contribution in [0.25, 0.3) is 0 Å². The van der Waals surface area contributed by atoms with Gasteiger partial charge in [0.1, 0.15) is 0 Å². The van der Waals surface area contributed by atoms with Gasteiger partial charge in [0.15, 0.2) is 15.7 Å². The first-order valence-electron chi connectivity index (χ1n) is 6.58. The van der Waals surface area contributed by atoms with E-state index in [2.05, 4.69) is 20.4 Å². The molecule has 3 heterocycles. The number of aromatic nitrogens is 2. The predicted molar refractivity (Wildman–Crippen MR) is 68.5 cm³/mol. The van der Waals surface area contributed by atoms with Gasteiger partial charge >= 0.3 is 0 Å². The normalized spacial score (nSPS) is 27.7. The van der Waals surface area contributed by atoms with Crippen LogP contribution in [0.5, 0.6) is 0 Å². The van der Waals surface area contributed by atoms with Crippen molar-refractivity contribution in [1.82, 2.24) is 20.4 Å². The molecular formula is C11H18N4O3S. The van der Waals surface area contributed by atoms with E-state index in [1.54, 1.807) is 0 Å². The van der Waals surface area contributed by atoms with E-state index >= 15 is 0 Å². The molecule has 1 atom stereocenters. The van der Waals surface area contributed by atoms with Crippen molar-refractivity contribution < 1.29 is 12.9 Å². The Hall–Kier alpha value is -0.990. The van der Waals surface area contributed by atoms with Crippen molar-refractivity contribution in [2.24, 2.45) is 0 Å². The average Bonchev–Trinajstić information content (AvgIpc) is 2.97. The van der Waals surface area contributed by atoms with E-state index in [0.29, 0.717) is 24.7 Å². The Morgan fingerprint density at radius 3 is 2.84 bits per heavy atom. The summed E-state index contributed by atoms with van der Waals surface area (Å²) in [6, 6.07) is 0. The van der Waals surface area contributed by atoms with E-state index < -0.39 is 9.84 Å². The molecule has 0 aromatic carbocycles. The Balaban J connectivity index is 1.63. The highest BCUT2D eigenvalue weighted by Crippen LogP contribution is 2.26. The number of rotatable bonds is 3. The lowest BCUT2D eigenvalue weighted by molar-refractivity contribution is 0.203. The Morgan fingerprint density at radius 1 is 1.37 bits per heavy atom. The van der Waals surface area contributed by atoms with Crippen molar-refractivity contribution in [3.05, 3.63) is 11.7 Å². The van der Waals surface area contributed by atoms with E-state index in [4.69, 9.17) is 4.52 Å². The molecule has 106 valence electrons. The standard InChI is InChI=1S/C11H18N4O3S/c16-19(17)6-1-9(8-19)11-13-10(18-14-11)7-15-4-2-12-3-5-15/h9,12H,1-8H2. The number of nitrogens with one attached hydrogen (secondary N) is 1. The molecule has 19 heavy (non-hydrogen) atoms. The molecule has 2 aliphatic heterocycles. The topological polar surface area (TPSA) is 88.3 Å². The molecule has 2 saturated heterocycles. The molecule has 7 nitrogen and oxygen atoms in total. The van der Waals surface area contributed by atoms with Crippen LogP contribution in [-0.2, 0) is 16.4 Å². The summed E-state index contributed by atoms with van der Waals surface area (Å²) in [6.07, 6.45) is 0.606. The second-order valence-electron chi connectivity index (χ2n) is 5.17. The lowest BCUT2D eigenvalue weighted by Crippen LogP contribution is -2.42. The van der Waals surface area contributed by atoms with Crippen molar-refractivity contribution in [2.75, 3.05) is 37.7 Å². The molecule has 3 rings (SSSR count). The van der Waals surface area contributed by atoms with Crippen molar-refractivity contribution in [3.8, 4) is 0 Å². The van der Waals surface area contributed by atoms with E-state index in [1.165, 1.54) is 0 Å². The fraction of sp³-hybridized carbons (Fsp3) is 0.818. The highest BCUT2D eigenvalue weighted by Gasteiger charge is 2.32. The largest absolute Gasteiger partial charge is 0.338 e. The zero-order valence-electron chi connectivity index (χ0n) is 10.7. The van der Waals surface area contributed by atoms with Gasteiger partial charge in [0.25, 0.3) is 0 Å². The van der Waals surface area contributed by atoms with Gasteiger partial charge in [-0.05, 0) is 6.42 Å². The quantitative estimate of drug-likeness (QED) is 0.792. The molecule has 0 aliphatic carbocycles. The maximum Gasteiger partial charge on any atom is 0.240 e. The Labute approximate surface area is 112 Å². The highest BCUT2D eigenvalue weighted by molar-refractivity contribution is 7.91. The van der Waals surface area contributed by atoms with Crippen LogP contribution in [0.1, 0.15) is 24.1 Å². The molecule has 1 aromatic heterocycles. The summed E-state index contributed by atoms with van der Waals surface area (Å²) in [6.45, 7) is 4.53. The molecule has 2 fully saturated rings. The summed E-state index contributed by atoms with van der Waals surface area (Å²) in [5.74, 6) is 1.43. The van der Waals surface area contributed by atoms with Crippen molar-refractivity contribution >= 4 is 9.84 Å². The summed E-state index contributed by atoms with van der Waals surface area (Å²) in [7, 11) is -2.90. The van der Waals surface area contributed by atoms with Crippen LogP contribution in [0.15, 0.2) is 4.52 Å². The van der Waals surface area contributed by atoms with Gasteiger partial charge < -0.3 is 9.84 Å². The van der Waals surface area contributed by atoms with Gasteiger partial charge in [0, 0.05) is 32.1 Å². The zero-order chi connectivity index (χ0) is 13.3. The predicted octanol–water partition coefficient (Wildman–Crippen LogP) is -0.623. The number of piperazine rings is 1. The molecule has 0 radical (unpaired) electrons. The Bertz CT molecular complexity index is 536. The minimum Gasteiger partial charge on any atom is -0.338 e. The van der Waals surface area contributed by atoms with Crippen molar-refractivity contribution in [2.45, 2.75) is 18.9 Å². The summed E-state index contributed by atoms with van der Waals surface area (Å²) in [4.78, 5) is 6.60. The maximum absolute atomic E-state index is 11.4.